The van der Waals surface area contributed by atoms with E-state index in [0.717, 1.165) is 0 Å². The number of allylic oxidation sites excluding steroid dienone is 2. The standard InChI is InChI=1S/C17H17NO5/c19-16(14-9-1-2-10(7-9)15(14)17(20)21)18-11-3-4-12-13(8-11)23-6-5-22-12/h1-4,8-10,14-15H,5-7H2,(H,18,19)(H,20,21)/p-1/t9-,10-,14+,15-/m0/s1. The van der Waals surface area contributed by atoms with Gasteiger partial charge in [0.2, 0.25) is 5.91 Å². The van der Waals surface area contributed by atoms with Gasteiger partial charge in [-0.05, 0) is 30.4 Å². The third kappa shape index (κ3) is 2.34. The van der Waals surface area contributed by atoms with Crippen LogP contribution in [-0.2, 0) is 9.59 Å². The Bertz CT molecular complexity index is 698. The maximum absolute atomic E-state index is 12.6. The van der Waals surface area contributed by atoms with Gasteiger partial charge in [-0.25, -0.2) is 0 Å². The van der Waals surface area contributed by atoms with Gasteiger partial charge in [0.05, 0.1) is 5.92 Å². The van der Waals surface area contributed by atoms with Gasteiger partial charge in [0.15, 0.2) is 11.5 Å². The molecule has 4 atom stereocenters. The van der Waals surface area contributed by atoms with Gasteiger partial charge >= 0.3 is 0 Å². The number of ether oxygens (including phenoxy) is 2. The number of carbonyl (C=O) groups excluding carboxylic acids is 2. The third-order valence-electron chi connectivity index (χ3n) is 4.84. The number of hydrogen-bond acceptors (Lipinski definition) is 5. The van der Waals surface area contributed by atoms with Crippen LogP contribution in [0, 0.1) is 23.7 Å². The van der Waals surface area contributed by atoms with Crippen LogP contribution in [0.25, 0.3) is 0 Å². The highest BCUT2D eigenvalue weighted by Crippen LogP contribution is 2.48. The van der Waals surface area contributed by atoms with E-state index in [-0.39, 0.29) is 17.7 Å². The highest BCUT2D eigenvalue weighted by molar-refractivity contribution is 5.96. The van der Waals surface area contributed by atoms with Crippen molar-refractivity contribution in [3.63, 3.8) is 0 Å². The first kappa shape index (κ1) is 14.1. The van der Waals surface area contributed by atoms with Crippen molar-refractivity contribution in [1.82, 2.24) is 0 Å². The topological polar surface area (TPSA) is 87.7 Å². The molecule has 1 N–H and O–H groups in total. The fourth-order valence-electron chi connectivity index (χ4n) is 3.85. The van der Waals surface area contributed by atoms with Crippen molar-refractivity contribution in [2.24, 2.45) is 23.7 Å². The summed E-state index contributed by atoms with van der Waals surface area (Å²) < 4.78 is 10.9. The Kier molecular flexibility index (Phi) is 3.25. The molecule has 0 spiro atoms. The van der Waals surface area contributed by atoms with Crippen LogP contribution in [0.4, 0.5) is 5.69 Å². The van der Waals surface area contributed by atoms with Crippen LogP contribution >= 0.6 is 0 Å². The van der Waals surface area contributed by atoms with Crippen molar-refractivity contribution >= 4 is 17.6 Å². The lowest BCUT2D eigenvalue weighted by molar-refractivity contribution is -0.313. The molecule has 0 aromatic heterocycles. The lowest BCUT2D eigenvalue weighted by atomic mass is 9.82. The van der Waals surface area contributed by atoms with Gasteiger partial charge < -0.3 is 24.7 Å². The second-order valence-corrected chi connectivity index (χ2v) is 6.17. The second-order valence-electron chi connectivity index (χ2n) is 6.17. The Labute approximate surface area is 133 Å². The van der Waals surface area contributed by atoms with Gasteiger partial charge in [-0.15, -0.1) is 0 Å². The highest BCUT2D eigenvalue weighted by Gasteiger charge is 2.48. The van der Waals surface area contributed by atoms with E-state index in [1.165, 1.54) is 0 Å². The summed E-state index contributed by atoms with van der Waals surface area (Å²) in [5.41, 5.74) is 0.572. The van der Waals surface area contributed by atoms with E-state index in [0.29, 0.717) is 36.8 Å². The molecule has 4 rings (SSSR count). The van der Waals surface area contributed by atoms with Gasteiger partial charge in [-0.3, -0.25) is 4.79 Å². The Morgan fingerprint density at radius 1 is 1.04 bits per heavy atom. The summed E-state index contributed by atoms with van der Waals surface area (Å²) in [6.45, 7) is 0.970. The SMILES string of the molecule is O=C([O-])[C@@H]1[C@H](C(=O)Nc2ccc3c(c2)OCCO3)[C@H]2C=C[C@H]1C2. The molecule has 0 saturated heterocycles. The van der Waals surface area contributed by atoms with Crippen LogP contribution in [0.2, 0.25) is 0 Å². The number of benzene rings is 1. The number of carboxylic acid groups (broad SMARTS) is 1. The predicted octanol–water partition coefficient (Wildman–Crippen LogP) is 0.584. The molecule has 23 heavy (non-hydrogen) atoms. The number of hydrogen-bond donors (Lipinski definition) is 1. The molecule has 6 heteroatoms. The zero-order valence-electron chi connectivity index (χ0n) is 12.4. The Hall–Kier alpha value is -2.50. The maximum Gasteiger partial charge on any atom is 0.228 e. The summed E-state index contributed by atoms with van der Waals surface area (Å²) in [7, 11) is 0. The van der Waals surface area contributed by atoms with E-state index >= 15 is 0 Å². The first-order chi connectivity index (χ1) is 11.1. The van der Waals surface area contributed by atoms with Crippen LogP contribution in [0.1, 0.15) is 6.42 Å². The smallest absolute Gasteiger partial charge is 0.228 e. The molecule has 1 aliphatic heterocycles. The summed E-state index contributed by atoms with van der Waals surface area (Å²) in [5, 5.41) is 14.2. The molecule has 120 valence electrons. The van der Waals surface area contributed by atoms with Crippen LogP contribution < -0.4 is 19.9 Å². The number of carbonyl (C=O) groups is 2. The largest absolute Gasteiger partial charge is 0.550 e. The number of carboxylic acids is 1. The number of aliphatic carboxylic acids is 1. The van der Waals surface area contributed by atoms with Crippen molar-refractivity contribution in [3.05, 3.63) is 30.4 Å². The van der Waals surface area contributed by atoms with Gasteiger partial charge in [-0.2, -0.15) is 0 Å². The number of amides is 1. The zero-order valence-corrected chi connectivity index (χ0v) is 12.4. The number of nitrogens with one attached hydrogen (secondary N) is 1. The highest BCUT2D eigenvalue weighted by atomic mass is 16.6. The molecule has 0 radical (unpaired) electrons. The van der Waals surface area contributed by atoms with E-state index < -0.39 is 17.8 Å². The lowest BCUT2D eigenvalue weighted by Gasteiger charge is -2.28. The quantitative estimate of drug-likeness (QED) is 0.825. The number of anilines is 1. The fraction of sp³-hybridized carbons (Fsp3) is 0.412. The van der Waals surface area contributed by atoms with Gasteiger partial charge in [0.1, 0.15) is 13.2 Å². The molecular formula is C17H16NO5-. The summed E-state index contributed by atoms with van der Waals surface area (Å²) in [6, 6.07) is 5.16. The van der Waals surface area contributed by atoms with E-state index in [1.807, 2.05) is 12.2 Å². The van der Waals surface area contributed by atoms with Crippen molar-refractivity contribution in [2.75, 3.05) is 18.5 Å². The third-order valence-corrected chi connectivity index (χ3v) is 4.84. The van der Waals surface area contributed by atoms with Crippen LogP contribution in [0.15, 0.2) is 30.4 Å². The molecule has 1 aromatic carbocycles. The molecule has 3 aliphatic rings. The van der Waals surface area contributed by atoms with Crippen LogP contribution in [0.5, 0.6) is 11.5 Å². The number of rotatable bonds is 3. The minimum Gasteiger partial charge on any atom is -0.550 e. The summed E-state index contributed by atoms with van der Waals surface area (Å²) in [5.74, 6) is -1.66. The predicted molar refractivity (Wildman–Crippen MR) is 78.8 cm³/mol. The average molecular weight is 314 g/mol. The summed E-state index contributed by atoms with van der Waals surface area (Å²) in [4.78, 5) is 24.0. The fourth-order valence-corrected chi connectivity index (χ4v) is 3.85. The molecule has 1 heterocycles. The normalized spacial score (nSPS) is 30.3. The van der Waals surface area contributed by atoms with E-state index in [4.69, 9.17) is 9.47 Å². The Morgan fingerprint density at radius 2 is 1.74 bits per heavy atom. The van der Waals surface area contributed by atoms with Crippen molar-refractivity contribution in [3.8, 4) is 11.5 Å². The first-order valence-corrected chi connectivity index (χ1v) is 7.73. The van der Waals surface area contributed by atoms with Crippen molar-refractivity contribution < 1.29 is 24.2 Å². The molecule has 1 aromatic rings. The molecule has 1 saturated carbocycles. The zero-order chi connectivity index (χ0) is 16.0. The summed E-state index contributed by atoms with van der Waals surface area (Å²) >= 11 is 0. The molecule has 6 nitrogen and oxygen atoms in total. The Morgan fingerprint density at radius 3 is 2.48 bits per heavy atom. The minimum atomic E-state index is -1.15. The van der Waals surface area contributed by atoms with Gasteiger partial charge in [-0.1, -0.05) is 12.2 Å². The van der Waals surface area contributed by atoms with Gasteiger partial charge in [0.25, 0.3) is 0 Å². The molecule has 2 bridgehead atoms. The van der Waals surface area contributed by atoms with E-state index in [1.54, 1.807) is 18.2 Å². The molecule has 1 amide bonds. The monoisotopic (exact) mass is 314 g/mol. The van der Waals surface area contributed by atoms with Gasteiger partial charge in [0, 0.05) is 23.6 Å². The molecule has 2 aliphatic carbocycles. The van der Waals surface area contributed by atoms with E-state index in [2.05, 4.69) is 5.32 Å². The minimum absolute atomic E-state index is 0.0277. The van der Waals surface area contributed by atoms with E-state index in [9.17, 15) is 14.7 Å². The molecule has 0 unspecified atom stereocenters. The first-order valence-electron chi connectivity index (χ1n) is 7.73. The number of fused-ring (bicyclic) bond motifs is 3. The van der Waals surface area contributed by atoms with Crippen LogP contribution in [0.3, 0.4) is 0 Å². The van der Waals surface area contributed by atoms with Crippen LogP contribution in [-0.4, -0.2) is 25.1 Å². The lowest BCUT2D eigenvalue weighted by Crippen LogP contribution is -2.42. The average Bonchev–Trinajstić information content (AvgIpc) is 3.15. The molecule has 1 fully saturated rings. The summed E-state index contributed by atoms with van der Waals surface area (Å²) in [6.07, 6.45) is 4.54. The Balaban J connectivity index is 1.54. The molecular weight excluding hydrogens is 298 g/mol. The van der Waals surface area contributed by atoms with Crippen molar-refractivity contribution in [2.45, 2.75) is 6.42 Å². The second kappa shape index (κ2) is 5.30. The maximum atomic E-state index is 12.6. The van der Waals surface area contributed by atoms with Crippen molar-refractivity contribution in [1.29, 1.82) is 0 Å².